The van der Waals surface area contributed by atoms with Gasteiger partial charge in [-0.1, -0.05) is 17.7 Å². The lowest BCUT2D eigenvalue weighted by atomic mass is 10.0. The molecule has 0 atom stereocenters. The molecular weight excluding hydrogens is 446 g/mol. The summed E-state index contributed by atoms with van der Waals surface area (Å²) in [6.45, 7) is 0.821. The third-order valence-corrected chi connectivity index (χ3v) is 7.28. The van der Waals surface area contributed by atoms with E-state index in [1.807, 2.05) is 18.2 Å². The van der Waals surface area contributed by atoms with E-state index in [2.05, 4.69) is 5.32 Å². The fourth-order valence-electron chi connectivity index (χ4n) is 3.35. The number of nitro groups is 1. The van der Waals surface area contributed by atoms with Crippen LogP contribution in [0.5, 0.6) is 5.75 Å². The van der Waals surface area contributed by atoms with Gasteiger partial charge in [0, 0.05) is 31.3 Å². The molecule has 9 nitrogen and oxygen atoms in total. The van der Waals surface area contributed by atoms with Gasteiger partial charge in [-0.15, -0.1) is 0 Å². The first-order valence-corrected chi connectivity index (χ1v) is 11.6. The maximum Gasteiger partial charge on any atom is 0.288 e. The highest BCUT2D eigenvalue weighted by atomic mass is 35.5. The van der Waals surface area contributed by atoms with Crippen LogP contribution in [0.25, 0.3) is 0 Å². The van der Waals surface area contributed by atoms with Crippen LogP contribution in [0.15, 0.2) is 36.4 Å². The second kappa shape index (κ2) is 9.63. The first-order valence-electron chi connectivity index (χ1n) is 9.57. The number of carbonyl (C=O) groups is 1. The Labute approximate surface area is 185 Å². The number of fused-ring (bicyclic) bond motifs is 1. The Morgan fingerprint density at radius 3 is 2.74 bits per heavy atom. The first kappa shape index (κ1) is 23.0. The van der Waals surface area contributed by atoms with Crippen molar-refractivity contribution in [3.05, 3.63) is 68.2 Å². The Kier molecular flexibility index (Phi) is 7.14. The summed E-state index contributed by atoms with van der Waals surface area (Å²) >= 11 is 5.74. The summed E-state index contributed by atoms with van der Waals surface area (Å²) in [6.07, 6.45) is 0.827. The molecule has 11 heteroatoms. The number of nitrogens with zero attached hydrogens (tertiary/aromatic N) is 2. The number of halogens is 1. The summed E-state index contributed by atoms with van der Waals surface area (Å²) in [5.74, 6) is 0.106. The molecule has 0 bridgehead atoms. The van der Waals surface area contributed by atoms with E-state index in [4.69, 9.17) is 16.3 Å². The minimum atomic E-state index is -3.48. The number of carbonyl (C=O) groups excluding carboxylic acids is 1. The molecule has 1 heterocycles. The smallest absolute Gasteiger partial charge is 0.288 e. The summed E-state index contributed by atoms with van der Waals surface area (Å²) in [6, 6.07) is 9.36. The topological polar surface area (TPSA) is 119 Å². The molecule has 166 valence electrons. The van der Waals surface area contributed by atoms with Gasteiger partial charge in [0.25, 0.3) is 11.6 Å². The zero-order chi connectivity index (χ0) is 22.6. The molecule has 0 spiro atoms. The zero-order valence-corrected chi connectivity index (χ0v) is 18.4. The zero-order valence-electron chi connectivity index (χ0n) is 16.8. The van der Waals surface area contributed by atoms with E-state index >= 15 is 0 Å². The maximum absolute atomic E-state index is 12.7. The number of ether oxygens (including phenoxy) is 1. The SMILES string of the molecule is COc1ccc2c(c1)CCN(S(=O)(=O)CCCNC(=O)c1ccc(Cl)c([N+](=O)[O-])c1)C2. The van der Waals surface area contributed by atoms with E-state index in [0.29, 0.717) is 19.5 Å². The standard InChI is InChI=1S/C20H22ClN3O6S/c1-30-17-5-3-16-13-23(9-7-14(16)11-17)31(28,29)10-2-8-22-20(25)15-4-6-18(21)19(12-15)24(26)27/h3-6,11-12H,2,7-10,13H2,1H3,(H,22,25). The van der Waals surface area contributed by atoms with Crippen LogP contribution in [-0.4, -0.2) is 49.5 Å². The quantitative estimate of drug-likeness (QED) is 0.362. The van der Waals surface area contributed by atoms with Crippen molar-refractivity contribution in [3.8, 4) is 5.75 Å². The van der Waals surface area contributed by atoms with Crippen molar-refractivity contribution < 1.29 is 22.9 Å². The largest absolute Gasteiger partial charge is 0.497 e. The molecule has 0 aromatic heterocycles. The number of amides is 1. The molecule has 1 aliphatic rings. The summed E-state index contributed by atoms with van der Waals surface area (Å²) in [4.78, 5) is 22.5. The number of benzene rings is 2. The molecule has 0 unspecified atom stereocenters. The van der Waals surface area contributed by atoms with Gasteiger partial charge in [0.05, 0.1) is 17.8 Å². The summed E-state index contributed by atoms with van der Waals surface area (Å²) in [7, 11) is -1.89. The van der Waals surface area contributed by atoms with Crippen LogP contribution in [0.1, 0.15) is 27.9 Å². The predicted molar refractivity (Wildman–Crippen MR) is 116 cm³/mol. The first-order chi connectivity index (χ1) is 14.7. The Morgan fingerprint density at radius 2 is 2.03 bits per heavy atom. The van der Waals surface area contributed by atoms with E-state index in [0.717, 1.165) is 22.9 Å². The molecule has 1 aliphatic heterocycles. The van der Waals surface area contributed by atoms with Gasteiger partial charge >= 0.3 is 0 Å². The Balaban J connectivity index is 1.52. The number of hydrogen-bond acceptors (Lipinski definition) is 6. The van der Waals surface area contributed by atoms with Crippen LogP contribution < -0.4 is 10.1 Å². The van der Waals surface area contributed by atoms with Gasteiger partial charge < -0.3 is 10.1 Å². The van der Waals surface area contributed by atoms with E-state index < -0.39 is 20.9 Å². The lowest BCUT2D eigenvalue weighted by Gasteiger charge is -2.28. The third kappa shape index (κ3) is 5.52. The van der Waals surface area contributed by atoms with Crippen LogP contribution in [0, 0.1) is 10.1 Å². The van der Waals surface area contributed by atoms with Crippen molar-refractivity contribution in [2.45, 2.75) is 19.4 Å². The summed E-state index contributed by atoms with van der Waals surface area (Å²) in [5, 5.41) is 13.5. The number of nitrogens with one attached hydrogen (secondary N) is 1. The molecule has 3 rings (SSSR count). The second-order valence-electron chi connectivity index (χ2n) is 7.07. The fraction of sp³-hybridized carbons (Fsp3) is 0.350. The lowest BCUT2D eigenvalue weighted by Crippen LogP contribution is -2.38. The number of nitro benzene ring substituents is 1. The Bertz CT molecular complexity index is 1110. The van der Waals surface area contributed by atoms with Gasteiger partial charge in [-0.2, -0.15) is 4.31 Å². The van der Waals surface area contributed by atoms with Gasteiger partial charge in [-0.3, -0.25) is 14.9 Å². The molecule has 0 saturated carbocycles. The van der Waals surface area contributed by atoms with Gasteiger partial charge in [0.1, 0.15) is 10.8 Å². The average Bonchev–Trinajstić information content (AvgIpc) is 2.75. The maximum atomic E-state index is 12.7. The predicted octanol–water partition coefficient (Wildman–Crippen LogP) is 2.76. The van der Waals surface area contributed by atoms with Gasteiger partial charge in [0.15, 0.2) is 0 Å². The average molecular weight is 468 g/mol. The van der Waals surface area contributed by atoms with Crippen molar-refractivity contribution in [3.63, 3.8) is 0 Å². The van der Waals surface area contributed by atoms with E-state index in [-0.39, 0.29) is 35.0 Å². The van der Waals surface area contributed by atoms with Crippen molar-refractivity contribution in [2.24, 2.45) is 0 Å². The Hall–Kier alpha value is -2.69. The van der Waals surface area contributed by atoms with Crippen molar-refractivity contribution in [1.29, 1.82) is 0 Å². The van der Waals surface area contributed by atoms with Crippen LogP contribution in [0.4, 0.5) is 5.69 Å². The highest BCUT2D eigenvalue weighted by Crippen LogP contribution is 2.26. The normalized spacial score (nSPS) is 14.0. The highest BCUT2D eigenvalue weighted by molar-refractivity contribution is 7.89. The van der Waals surface area contributed by atoms with E-state index in [1.54, 1.807) is 7.11 Å². The number of hydrogen-bond donors (Lipinski definition) is 1. The van der Waals surface area contributed by atoms with Crippen LogP contribution in [-0.2, 0) is 23.0 Å². The number of methoxy groups -OCH3 is 1. The Morgan fingerprint density at radius 1 is 1.26 bits per heavy atom. The molecule has 31 heavy (non-hydrogen) atoms. The second-order valence-corrected chi connectivity index (χ2v) is 9.56. The fourth-order valence-corrected chi connectivity index (χ4v) is 5.01. The van der Waals surface area contributed by atoms with E-state index in [1.165, 1.54) is 16.4 Å². The molecule has 0 fully saturated rings. The monoisotopic (exact) mass is 467 g/mol. The minimum Gasteiger partial charge on any atom is -0.497 e. The minimum absolute atomic E-state index is 0.0609. The van der Waals surface area contributed by atoms with Crippen molar-refractivity contribution in [1.82, 2.24) is 9.62 Å². The third-order valence-electron chi connectivity index (χ3n) is 5.05. The van der Waals surface area contributed by atoms with Gasteiger partial charge in [-0.25, -0.2) is 8.42 Å². The molecule has 0 saturated heterocycles. The van der Waals surface area contributed by atoms with Gasteiger partial charge in [-0.05, 0) is 48.2 Å². The molecule has 1 amide bonds. The molecule has 2 aromatic rings. The van der Waals surface area contributed by atoms with Crippen molar-refractivity contribution >= 4 is 33.2 Å². The molecule has 2 aromatic carbocycles. The highest BCUT2D eigenvalue weighted by Gasteiger charge is 2.26. The van der Waals surface area contributed by atoms with Crippen LogP contribution >= 0.6 is 11.6 Å². The number of sulfonamides is 1. The molecule has 1 N–H and O–H groups in total. The molecule has 0 radical (unpaired) electrons. The van der Waals surface area contributed by atoms with Crippen LogP contribution in [0.3, 0.4) is 0 Å². The van der Waals surface area contributed by atoms with Gasteiger partial charge in [0.2, 0.25) is 10.0 Å². The number of rotatable bonds is 8. The van der Waals surface area contributed by atoms with E-state index in [9.17, 15) is 23.3 Å². The lowest BCUT2D eigenvalue weighted by molar-refractivity contribution is -0.384. The summed E-state index contributed by atoms with van der Waals surface area (Å²) < 4.78 is 32.0. The van der Waals surface area contributed by atoms with Crippen LogP contribution in [0.2, 0.25) is 5.02 Å². The molecular formula is C20H22ClN3O6S. The van der Waals surface area contributed by atoms with Crippen molar-refractivity contribution in [2.75, 3.05) is 26.0 Å². The molecule has 0 aliphatic carbocycles. The summed E-state index contributed by atoms with van der Waals surface area (Å²) in [5.41, 5.74) is 1.75.